The number of aromatic nitrogens is 5. The van der Waals surface area contributed by atoms with Crippen LogP contribution in [0.25, 0.3) is 22.3 Å². The lowest BCUT2D eigenvalue weighted by molar-refractivity contribution is 0.0224. The van der Waals surface area contributed by atoms with Crippen molar-refractivity contribution in [3.05, 3.63) is 52.8 Å². The number of hydrogen-bond donors (Lipinski definition) is 1. The van der Waals surface area contributed by atoms with E-state index in [1.807, 2.05) is 46.9 Å². The second-order valence-corrected chi connectivity index (χ2v) is 12.7. The number of aryl methyl sites for hydroxylation is 2. The number of carbonyl (C=O) groups is 2. The van der Waals surface area contributed by atoms with Crippen LogP contribution in [0.3, 0.4) is 0 Å². The molecule has 2 aliphatic heterocycles. The lowest BCUT2D eigenvalue weighted by Crippen LogP contribution is -2.40. The smallest absolute Gasteiger partial charge is 0.410 e. The summed E-state index contributed by atoms with van der Waals surface area (Å²) in [5.74, 6) is 1.18. The fourth-order valence-electron chi connectivity index (χ4n) is 5.94. The molecule has 4 aromatic rings. The Balaban J connectivity index is 1.39. The van der Waals surface area contributed by atoms with E-state index < -0.39 is 5.60 Å². The van der Waals surface area contributed by atoms with Crippen molar-refractivity contribution in [2.45, 2.75) is 72.6 Å². The first kappa shape index (κ1) is 28.7. The van der Waals surface area contributed by atoms with Gasteiger partial charge in [0.2, 0.25) is 11.8 Å². The molecule has 5 heterocycles. The molecule has 0 spiro atoms. The van der Waals surface area contributed by atoms with Crippen LogP contribution in [0.1, 0.15) is 67.7 Å². The van der Waals surface area contributed by atoms with Gasteiger partial charge in [-0.1, -0.05) is 13.0 Å². The van der Waals surface area contributed by atoms with E-state index in [4.69, 9.17) is 14.5 Å². The minimum Gasteiger partial charge on any atom is -0.477 e. The highest BCUT2D eigenvalue weighted by atomic mass is 16.6. The number of hydrogen-bond acceptors (Lipinski definition) is 7. The molecular weight excluding hydrogens is 546 g/mol. The third-order valence-electron chi connectivity index (χ3n) is 7.93. The zero-order valence-corrected chi connectivity index (χ0v) is 25.7. The monoisotopic (exact) mass is 585 g/mol. The van der Waals surface area contributed by atoms with Crippen LogP contribution in [-0.4, -0.2) is 60.0 Å². The highest BCUT2D eigenvalue weighted by Crippen LogP contribution is 2.33. The summed E-state index contributed by atoms with van der Waals surface area (Å²) in [4.78, 5) is 37.9. The summed E-state index contributed by atoms with van der Waals surface area (Å²) in [5, 5.41) is 7.50. The summed E-state index contributed by atoms with van der Waals surface area (Å²) >= 11 is 0. The standard InChI is InChI=1S/C32H39N7O4/c1-19-8-7-13-42-29-24(16-33-37(29)6)26-15-22(14-20(2)34-26)28(40)36-30-35-25-10-9-21-18-38(31(41)43-32(3,4)5)12-11-23(21)27(25)39(30)17-19/h9-10,14-16,19H,7-8,11-13,17-18H2,1-6H3,(H,35,36,40)/t19-/m1/s1. The summed E-state index contributed by atoms with van der Waals surface area (Å²) in [6, 6.07) is 7.56. The second kappa shape index (κ2) is 11.0. The molecule has 1 N–H and O–H groups in total. The molecule has 3 aromatic heterocycles. The van der Waals surface area contributed by atoms with Crippen molar-refractivity contribution in [2.75, 3.05) is 18.5 Å². The molecule has 6 rings (SSSR count). The predicted octanol–water partition coefficient (Wildman–Crippen LogP) is 5.49. The van der Waals surface area contributed by atoms with E-state index in [9.17, 15) is 9.59 Å². The number of nitrogens with zero attached hydrogens (tertiary/aromatic N) is 6. The number of anilines is 1. The molecule has 11 heteroatoms. The van der Waals surface area contributed by atoms with E-state index in [2.05, 4.69) is 26.9 Å². The number of benzene rings is 1. The summed E-state index contributed by atoms with van der Waals surface area (Å²) in [7, 11) is 1.84. The van der Waals surface area contributed by atoms with Gasteiger partial charge in [0.1, 0.15) is 5.60 Å². The molecule has 0 saturated carbocycles. The Kier molecular flexibility index (Phi) is 7.35. The van der Waals surface area contributed by atoms with Gasteiger partial charge < -0.3 is 18.9 Å². The molecule has 2 aliphatic rings. The molecule has 0 fully saturated rings. The molecule has 0 aliphatic carbocycles. The minimum atomic E-state index is -0.554. The van der Waals surface area contributed by atoms with Gasteiger partial charge in [0.25, 0.3) is 5.91 Å². The van der Waals surface area contributed by atoms with Gasteiger partial charge in [0, 0.05) is 37.9 Å². The molecule has 0 radical (unpaired) electrons. The zero-order valence-electron chi connectivity index (χ0n) is 25.7. The Morgan fingerprint density at radius 3 is 2.79 bits per heavy atom. The van der Waals surface area contributed by atoms with Crippen LogP contribution in [0, 0.1) is 12.8 Å². The maximum absolute atomic E-state index is 13.7. The van der Waals surface area contributed by atoms with Crippen LogP contribution in [0.2, 0.25) is 0 Å². The number of carbonyl (C=O) groups excluding carboxylic acids is 2. The number of amides is 2. The van der Waals surface area contributed by atoms with Gasteiger partial charge in [-0.3, -0.25) is 15.1 Å². The molecule has 2 amide bonds. The molecule has 11 nitrogen and oxygen atoms in total. The van der Waals surface area contributed by atoms with Crippen molar-refractivity contribution in [1.29, 1.82) is 0 Å². The SMILES string of the molecule is Cc1cc2cc(n1)-c1cnn(C)c1OCCC[C@@H](C)Cn1c(nc3ccc4c(c31)CCN(C(=O)OC(C)(C)C)C4)NC2=O. The molecule has 0 saturated heterocycles. The minimum absolute atomic E-state index is 0.262. The lowest BCUT2D eigenvalue weighted by atomic mass is 9.97. The molecule has 1 atom stereocenters. The number of pyridine rings is 1. The normalized spacial score (nSPS) is 17.6. The number of ether oxygens (including phenoxy) is 2. The van der Waals surface area contributed by atoms with Crippen LogP contribution in [0.15, 0.2) is 30.5 Å². The molecule has 226 valence electrons. The van der Waals surface area contributed by atoms with Gasteiger partial charge in [-0.05, 0) is 82.2 Å². The van der Waals surface area contributed by atoms with Gasteiger partial charge in [0.15, 0.2) is 0 Å². The number of nitrogens with one attached hydrogen (secondary N) is 1. The molecule has 1 aromatic carbocycles. The summed E-state index contributed by atoms with van der Waals surface area (Å²) in [5.41, 5.74) is 6.08. The van der Waals surface area contributed by atoms with Crippen molar-refractivity contribution in [2.24, 2.45) is 13.0 Å². The lowest BCUT2D eigenvalue weighted by Gasteiger charge is -2.31. The van der Waals surface area contributed by atoms with Crippen LogP contribution < -0.4 is 10.1 Å². The third kappa shape index (κ3) is 5.80. The first-order valence-corrected chi connectivity index (χ1v) is 14.9. The Morgan fingerprint density at radius 1 is 1.19 bits per heavy atom. The van der Waals surface area contributed by atoms with Crippen molar-refractivity contribution in [3.63, 3.8) is 0 Å². The maximum Gasteiger partial charge on any atom is 0.410 e. The number of fused-ring (bicyclic) bond motifs is 9. The summed E-state index contributed by atoms with van der Waals surface area (Å²) in [6.07, 6.45) is 3.87. The third-order valence-corrected chi connectivity index (χ3v) is 7.93. The topological polar surface area (TPSA) is 116 Å². The van der Waals surface area contributed by atoms with Crippen molar-refractivity contribution in [1.82, 2.24) is 29.2 Å². The van der Waals surface area contributed by atoms with E-state index in [0.29, 0.717) is 61.4 Å². The van der Waals surface area contributed by atoms with Crippen molar-refractivity contribution >= 4 is 29.0 Å². The van der Waals surface area contributed by atoms with E-state index in [-0.39, 0.29) is 17.9 Å². The maximum atomic E-state index is 13.7. The number of imidazole rings is 1. The summed E-state index contributed by atoms with van der Waals surface area (Å²) < 4.78 is 15.7. The van der Waals surface area contributed by atoms with E-state index >= 15 is 0 Å². The Hall–Kier alpha value is -4.41. The summed E-state index contributed by atoms with van der Waals surface area (Å²) in [6.45, 7) is 11.9. The largest absolute Gasteiger partial charge is 0.477 e. The molecule has 0 unspecified atom stereocenters. The van der Waals surface area contributed by atoms with Crippen LogP contribution in [-0.2, 0) is 31.3 Å². The first-order valence-electron chi connectivity index (χ1n) is 14.9. The average Bonchev–Trinajstić information content (AvgIpc) is 3.48. The Labute approximate surface area is 251 Å². The van der Waals surface area contributed by atoms with Gasteiger partial charge in [-0.2, -0.15) is 5.10 Å². The van der Waals surface area contributed by atoms with Crippen LogP contribution in [0.5, 0.6) is 5.88 Å². The predicted molar refractivity (Wildman–Crippen MR) is 163 cm³/mol. The molecular formula is C32H39N7O4. The van der Waals surface area contributed by atoms with Crippen molar-refractivity contribution < 1.29 is 19.1 Å². The quantitative estimate of drug-likeness (QED) is 0.290. The van der Waals surface area contributed by atoms with Crippen molar-refractivity contribution in [3.8, 4) is 17.1 Å². The fourth-order valence-corrected chi connectivity index (χ4v) is 5.94. The Morgan fingerprint density at radius 2 is 2.00 bits per heavy atom. The highest BCUT2D eigenvalue weighted by molar-refractivity contribution is 6.05. The molecule has 2 bridgehead atoms. The van der Waals surface area contributed by atoms with E-state index in [0.717, 1.165) is 40.6 Å². The average molecular weight is 586 g/mol. The highest BCUT2D eigenvalue weighted by Gasteiger charge is 2.29. The van der Waals surface area contributed by atoms with Gasteiger partial charge in [-0.25, -0.2) is 14.5 Å². The van der Waals surface area contributed by atoms with E-state index in [1.165, 1.54) is 0 Å². The van der Waals surface area contributed by atoms with Crippen LogP contribution in [0.4, 0.5) is 10.7 Å². The molecule has 43 heavy (non-hydrogen) atoms. The van der Waals surface area contributed by atoms with E-state index in [1.54, 1.807) is 27.9 Å². The van der Waals surface area contributed by atoms with Gasteiger partial charge >= 0.3 is 6.09 Å². The number of rotatable bonds is 0. The zero-order chi connectivity index (χ0) is 30.5. The second-order valence-electron chi connectivity index (χ2n) is 12.7. The van der Waals surface area contributed by atoms with Gasteiger partial charge in [-0.15, -0.1) is 0 Å². The van der Waals surface area contributed by atoms with Crippen LogP contribution >= 0.6 is 0 Å². The Bertz CT molecular complexity index is 1710. The van der Waals surface area contributed by atoms with Gasteiger partial charge in [0.05, 0.1) is 35.1 Å². The fraction of sp³-hybridized carbons (Fsp3) is 0.469. The first-order chi connectivity index (χ1) is 20.5.